The molecule has 0 aliphatic carbocycles. The molecule has 0 spiro atoms. The molecule has 2 aromatic carbocycles. The average molecular weight is 349 g/mol. The Morgan fingerprint density at radius 3 is 2.43 bits per heavy atom. The van der Waals surface area contributed by atoms with Crippen LogP contribution in [-0.2, 0) is 0 Å². The third-order valence-electron chi connectivity index (χ3n) is 3.71. The summed E-state index contributed by atoms with van der Waals surface area (Å²) in [4.78, 5) is 0. The minimum absolute atomic E-state index is 0.460. The van der Waals surface area contributed by atoms with Crippen molar-refractivity contribution in [2.24, 2.45) is 0 Å². The summed E-state index contributed by atoms with van der Waals surface area (Å²) in [5.41, 5.74) is 2.08. The zero-order chi connectivity index (χ0) is 15.4. The van der Waals surface area contributed by atoms with Crippen LogP contribution in [0.25, 0.3) is 0 Å². The molecule has 0 fully saturated rings. The lowest BCUT2D eigenvalue weighted by atomic mass is 9.98. The summed E-state index contributed by atoms with van der Waals surface area (Å²) in [5, 5.41) is 9.66. The number of halogens is 1. The van der Waals surface area contributed by atoms with Crippen molar-refractivity contribution < 1.29 is 9.84 Å². The minimum Gasteiger partial charge on any atom is -0.457 e. The van der Waals surface area contributed by atoms with E-state index >= 15 is 0 Å². The van der Waals surface area contributed by atoms with E-state index in [9.17, 15) is 5.11 Å². The zero-order valence-electron chi connectivity index (χ0n) is 12.6. The van der Waals surface area contributed by atoms with Gasteiger partial charge in [-0.2, -0.15) is 0 Å². The summed E-state index contributed by atoms with van der Waals surface area (Å²) in [6, 6.07) is 13.8. The van der Waals surface area contributed by atoms with E-state index in [1.54, 1.807) is 6.92 Å². The summed E-state index contributed by atoms with van der Waals surface area (Å²) < 4.78 is 6.89. The lowest BCUT2D eigenvalue weighted by Gasteiger charge is -2.16. The van der Waals surface area contributed by atoms with Gasteiger partial charge in [-0.1, -0.05) is 54.0 Å². The van der Waals surface area contributed by atoms with Crippen LogP contribution in [0.15, 0.2) is 46.9 Å². The van der Waals surface area contributed by atoms with Gasteiger partial charge < -0.3 is 9.84 Å². The van der Waals surface area contributed by atoms with E-state index in [-0.39, 0.29) is 0 Å². The van der Waals surface area contributed by atoms with E-state index in [0.29, 0.717) is 5.92 Å². The van der Waals surface area contributed by atoms with E-state index in [4.69, 9.17) is 4.74 Å². The van der Waals surface area contributed by atoms with Crippen molar-refractivity contribution in [3.63, 3.8) is 0 Å². The highest BCUT2D eigenvalue weighted by Gasteiger charge is 2.12. The van der Waals surface area contributed by atoms with Crippen molar-refractivity contribution in [2.45, 2.75) is 39.2 Å². The van der Waals surface area contributed by atoms with Crippen LogP contribution in [0, 0.1) is 0 Å². The topological polar surface area (TPSA) is 29.5 Å². The second-order valence-electron chi connectivity index (χ2n) is 5.31. The molecule has 2 aromatic rings. The van der Waals surface area contributed by atoms with E-state index < -0.39 is 6.10 Å². The number of para-hydroxylation sites is 1. The number of ether oxygens (including phenoxy) is 1. The molecular formula is C18H21BrO2. The summed E-state index contributed by atoms with van der Waals surface area (Å²) in [6.45, 7) is 6.13. The highest BCUT2D eigenvalue weighted by molar-refractivity contribution is 9.10. The molecule has 0 aromatic heterocycles. The molecule has 0 aliphatic heterocycles. The van der Waals surface area contributed by atoms with Gasteiger partial charge in [0.15, 0.2) is 0 Å². The van der Waals surface area contributed by atoms with Crippen LogP contribution in [0.4, 0.5) is 0 Å². The smallest absolute Gasteiger partial charge is 0.130 e. The summed E-state index contributed by atoms with van der Waals surface area (Å²) in [5.74, 6) is 2.12. The third kappa shape index (κ3) is 3.86. The quantitative estimate of drug-likeness (QED) is 0.738. The number of hydrogen-bond acceptors (Lipinski definition) is 2. The Bertz CT molecular complexity index is 608. The van der Waals surface area contributed by atoms with Gasteiger partial charge in [0.1, 0.15) is 11.5 Å². The van der Waals surface area contributed by atoms with Crippen molar-refractivity contribution in [2.75, 3.05) is 0 Å². The molecule has 0 saturated heterocycles. The third-order valence-corrected chi connectivity index (χ3v) is 4.40. The van der Waals surface area contributed by atoms with Crippen LogP contribution in [0.1, 0.15) is 50.3 Å². The molecule has 3 heteroatoms. The van der Waals surface area contributed by atoms with Gasteiger partial charge in [0.05, 0.1) is 6.10 Å². The van der Waals surface area contributed by atoms with Gasteiger partial charge in [0.25, 0.3) is 0 Å². The molecule has 0 heterocycles. The van der Waals surface area contributed by atoms with E-state index in [2.05, 4.69) is 35.8 Å². The predicted octanol–water partition coefficient (Wildman–Crippen LogP) is 5.81. The van der Waals surface area contributed by atoms with Crippen LogP contribution in [0.5, 0.6) is 11.5 Å². The first kappa shape index (κ1) is 16.1. The molecule has 2 rings (SSSR count). The van der Waals surface area contributed by atoms with Crippen molar-refractivity contribution in [1.29, 1.82) is 0 Å². The maximum Gasteiger partial charge on any atom is 0.130 e. The van der Waals surface area contributed by atoms with Crippen molar-refractivity contribution in [1.82, 2.24) is 0 Å². The van der Waals surface area contributed by atoms with Gasteiger partial charge in [-0.15, -0.1) is 0 Å². The number of hydrogen-bond donors (Lipinski definition) is 1. The van der Waals surface area contributed by atoms with Crippen molar-refractivity contribution in [3.05, 3.63) is 58.1 Å². The van der Waals surface area contributed by atoms with Gasteiger partial charge in [-0.05, 0) is 48.6 Å². The number of benzene rings is 2. The summed E-state index contributed by atoms with van der Waals surface area (Å²) in [7, 11) is 0. The van der Waals surface area contributed by atoms with E-state index in [1.165, 1.54) is 5.56 Å². The Hall–Kier alpha value is -1.32. The Morgan fingerprint density at radius 1 is 1.10 bits per heavy atom. The fourth-order valence-corrected chi connectivity index (χ4v) is 2.93. The molecular weight excluding hydrogens is 328 g/mol. The molecule has 112 valence electrons. The van der Waals surface area contributed by atoms with Gasteiger partial charge in [-0.25, -0.2) is 0 Å². The normalized spacial score (nSPS) is 13.8. The maximum absolute atomic E-state index is 9.66. The SMILES string of the molecule is CCC(C)c1ccccc1Oc1ccc([C@@H](C)O)c(Br)c1. The molecule has 1 N–H and O–H groups in total. The van der Waals surface area contributed by atoms with E-state index in [0.717, 1.165) is 28.0 Å². The zero-order valence-corrected chi connectivity index (χ0v) is 14.2. The summed E-state index contributed by atoms with van der Waals surface area (Å²) in [6.07, 6.45) is 0.575. The number of rotatable bonds is 5. The highest BCUT2D eigenvalue weighted by atomic mass is 79.9. The first-order chi connectivity index (χ1) is 10.0. The van der Waals surface area contributed by atoms with Crippen LogP contribution in [0.3, 0.4) is 0 Å². The van der Waals surface area contributed by atoms with Crippen molar-refractivity contribution >= 4 is 15.9 Å². The average Bonchev–Trinajstić information content (AvgIpc) is 2.46. The van der Waals surface area contributed by atoms with Gasteiger partial charge >= 0.3 is 0 Å². The monoisotopic (exact) mass is 348 g/mol. The molecule has 0 amide bonds. The van der Waals surface area contributed by atoms with Gasteiger partial charge in [0.2, 0.25) is 0 Å². The van der Waals surface area contributed by atoms with Crippen LogP contribution < -0.4 is 4.74 Å². The molecule has 2 atom stereocenters. The molecule has 0 radical (unpaired) electrons. The molecule has 1 unspecified atom stereocenters. The predicted molar refractivity (Wildman–Crippen MR) is 90.0 cm³/mol. The van der Waals surface area contributed by atoms with Crippen molar-refractivity contribution in [3.8, 4) is 11.5 Å². The fourth-order valence-electron chi connectivity index (χ4n) is 2.24. The fraction of sp³-hybridized carbons (Fsp3) is 0.333. The lowest BCUT2D eigenvalue weighted by Crippen LogP contribution is -1.97. The van der Waals surface area contributed by atoms with Crippen LogP contribution in [0.2, 0.25) is 0 Å². The highest BCUT2D eigenvalue weighted by Crippen LogP contribution is 2.34. The Balaban J connectivity index is 2.29. The standard InChI is InChI=1S/C18H21BrO2/c1-4-12(2)15-7-5-6-8-18(15)21-14-9-10-16(13(3)20)17(19)11-14/h5-13,20H,4H2,1-3H3/t12?,13-/m1/s1. The first-order valence-electron chi connectivity index (χ1n) is 7.27. The Labute approximate surface area is 134 Å². The molecule has 0 saturated carbocycles. The maximum atomic E-state index is 9.66. The second kappa shape index (κ2) is 7.10. The molecule has 2 nitrogen and oxygen atoms in total. The van der Waals surface area contributed by atoms with E-state index in [1.807, 2.05) is 36.4 Å². The van der Waals surface area contributed by atoms with Gasteiger partial charge in [-0.3, -0.25) is 0 Å². The lowest BCUT2D eigenvalue weighted by molar-refractivity contribution is 0.198. The second-order valence-corrected chi connectivity index (χ2v) is 6.16. The van der Waals surface area contributed by atoms with Crippen LogP contribution in [-0.4, -0.2) is 5.11 Å². The minimum atomic E-state index is -0.499. The largest absolute Gasteiger partial charge is 0.457 e. The number of aliphatic hydroxyl groups is 1. The van der Waals surface area contributed by atoms with Crippen LogP contribution >= 0.6 is 15.9 Å². The summed E-state index contributed by atoms with van der Waals surface area (Å²) >= 11 is 3.48. The molecule has 0 aliphatic rings. The Kier molecular flexibility index (Phi) is 5.43. The molecule has 0 bridgehead atoms. The Morgan fingerprint density at radius 2 is 1.81 bits per heavy atom. The number of aliphatic hydroxyl groups excluding tert-OH is 1. The first-order valence-corrected chi connectivity index (χ1v) is 8.06. The van der Waals surface area contributed by atoms with Gasteiger partial charge in [0, 0.05) is 4.47 Å². The molecule has 21 heavy (non-hydrogen) atoms.